The predicted octanol–water partition coefficient (Wildman–Crippen LogP) is 5.44. The monoisotopic (exact) mass is 554 g/mol. The van der Waals surface area contributed by atoms with Crippen LogP contribution in [0.15, 0.2) is 72.8 Å². The Morgan fingerprint density at radius 2 is 1.66 bits per heavy atom. The molecule has 2 aliphatic rings. The molecule has 6 nitrogen and oxygen atoms in total. The van der Waals surface area contributed by atoms with Gasteiger partial charge in [0.15, 0.2) is 0 Å². The van der Waals surface area contributed by atoms with E-state index in [1.807, 2.05) is 36.4 Å². The lowest BCUT2D eigenvalue weighted by Gasteiger charge is -2.32. The maximum atomic E-state index is 14.0. The second-order valence-electron chi connectivity index (χ2n) is 12.2. The smallest absolute Gasteiger partial charge is 0.251 e. The molecule has 3 aromatic rings. The Morgan fingerprint density at radius 3 is 2.41 bits per heavy atom. The molecule has 6 heteroatoms. The lowest BCUT2D eigenvalue weighted by molar-refractivity contribution is -0.133. The summed E-state index contributed by atoms with van der Waals surface area (Å²) in [4.78, 5) is 31.7. The van der Waals surface area contributed by atoms with Crippen LogP contribution in [0.4, 0.5) is 0 Å². The largest absolute Gasteiger partial charge is 0.350 e. The van der Waals surface area contributed by atoms with Gasteiger partial charge in [-0.1, -0.05) is 80.9 Å². The number of hydrogen-bond acceptors (Lipinski definition) is 4. The molecule has 0 radical (unpaired) electrons. The Kier molecular flexibility index (Phi) is 10.1. The summed E-state index contributed by atoms with van der Waals surface area (Å²) in [5, 5.41) is 9.03. The lowest BCUT2D eigenvalue weighted by Crippen LogP contribution is -2.50. The van der Waals surface area contributed by atoms with Crippen molar-refractivity contribution in [1.29, 1.82) is 0 Å². The van der Waals surface area contributed by atoms with Crippen LogP contribution < -0.4 is 10.6 Å². The van der Waals surface area contributed by atoms with E-state index in [2.05, 4.69) is 70.7 Å². The summed E-state index contributed by atoms with van der Waals surface area (Å²) < 4.78 is 0. The zero-order valence-electron chi connectivity index (χ0n) is 24.7. The van der Waals surface area contributed by atoms with Gasteiger partial charge < -0.3 is 20.4 Å². The third-order valence-electron chi connectivity index (χ3n) is 8.95. The van der Waals surface area contributed by atoms with Gasteiger partial charge in [0.25, 0.3) is 5.91 Å². The van der Waals surface area contributed by atoms with Crippen molar-refractivity contribution in [3.63, 3.8) is 0 Å². The van der Waals surface area contributed by atoms with Crippen molar-refractivity contribution < 1.29 is 9.59 Å². The van der Waals surface area contributed by atoms with Gasteiger partial charge >= 0.3 is 0 Å². The summed E-state index contributed by atoms with van der Waals surface area (Å²) in [6.07, 6.45) is 5.40. The van der Waals surface area contributed by atoms with E-state index in [1.54, 1.807) is 0 Å². The molecule has 5 rings (SSSR count). The summed E-state index contributed by atoms with van der Waals surface area (Å²) in [7, 11) is 0. The Labute approximate surface area is 245 Å². The van der Waals surface area contributed by atoms with Crippen molar-refractivity contribution in [2.75, 3.05) is 39.3 Å². The van der Waals surface area contributed by atoms with Gasteiger partial charge in [0.1, 0.15) is 0 Å². The number of amides is 2. The number of rotatable bonds is 10. The quantitative estimate of drug-likeness (QED) is 0.350. The minimum absolute atomic E-state index is 0.0361. The summed E-state index contributed by atoms with van der Waals surface area (Å²) >= 11 is 0. The molecule has 0 bridgehead atoms. The van der Waals surface area contributed by atoms with Crippen molar-refractivity contribution in [2.45, 2.75) is 64.0 Å². The van der Waals surface area contributed by atoms with Gasteiger partial charge in [-0.25, -0.2) is 0 Å². The number of carbonyl (C=O) groups is 2. The number of nitrogens with one attached hydrogen (secondary N) is 2. The topological polar surface area (TPSA) is 64.7 Å². The molecule has 0 saturated carbocycles. The zero-order chi connectivity index (χ0) is 28.6. The first-order chi connectivity index (χ1) is 20.0. The second-order valence-corrected chi connectivity index (χ2v) is 12.2. The molecule has 2 heterocycles. The van der Waals surface area contributed by atoms with E-state index in [1.165, 1.54) is 24.8 Å². The number of fused-ring (bicyclic) bond motifs is 1. The molecule has 0 aliphatic carbocycles. The maximum absolute atomic E-state index is 14.0. The van der Waals surface area contributed by atoms with E-state index < -0.39 is 0 Å². The molecule has 3 atom stereocenters. The fourth-order valence-electron chi connectivity index (χ4n) is 6.41. The van der Waals surface area contributed by atoms with E-state index in [9.17, 15) is 9.59 Å². The highest BCUT2D eigenvalue weighted by Gasteiger charge is 2.33. The first-order valence-electron chi connectivity index (χ1n) is 15.6. The van der Waals surface area contributed by atoms with Crippen LogP contribution in [0.3, 0.4) is 0 Å². The molecule has 2 aliphatic heterocycles. The molecule has 2 N–H and O–H groups in total. The standard InChI is InChI=1S/C35H46N4O2/c1-26(2)32(28-12-5-3-6-13-28)25-39-22-17-31(37-33(35(39)41)18-21-38-19-9-4-10-20-38)24-36-34(40)30-16-15-27-11-7-8-14-29(27)23-30/h3,5-8,11-16,23,26,31-33,37H,4,9-10,17-22,24-25H2,1-2H3,(H,36,40)/t31?,32-,33?/m1/s1. The number of nitrogens with zero attached hydrogens (tertiary/aromatic N) is 2. The highest BCUT2D eigenvalue weighted by molar-refractivity contribution is 5.98. The third-order valence-corrected chi connectivity index (χ3v) is 8.95. The van der Waals surface area contributed by atoms with Crippen molar-refractivity contribution in [1.82, 2.24) is 20.4 Å². The first-order valence-corrected chi connectivity index (χ1v) is 15.6. The Morgan fingerprint density at radius 1 is 0.927 bits per heavy atom. The minimum Gasteiger partial charge on any atom is -0.350 e. The van der Waals surface area contributed by atoms with Gasteiger partial charge in [0, 0.05) is 43.7 Å². The Hall–Kier alpha value is -3.22. The Bertz CT molecular complexity index is 1290. The van der Waals surface area contributed by atoms with E-state index in [0.717, 1.165) is 49.8 Å². The number of carbonyl (C=O) groups excluding carboxylic acids is 2. The molecular weight excluding hydrogens is 508 g/mol. The molecule has 0 aromatic heterocycles. The average Bonchev–Trinajstić information content (AvgIpc) is 3.16. The SMILES string of the molecule is CC(C)[C@@H](CN1CCC(CNC(=O)c2ccc3ccccc3c2)NC(CCN2CCCCC2)C1=O)c1ccccc1. The molecule has 2 fully saturated rings. The van der Waals surface area contributed by atoms with Crippen molar-refractivity contribution in [3.8, 4) is 0 Å². The molecule has 3 aromatic carbocycles. The molecule has 2 unspecified atom stereocenters. The Balaban J connectivity index is 1.27. The average molecular weight is 555 g/mol. The number of benzene rings is 3. The predicted molar refractivity (Wildman–Crippen MR) is 167 cm³/mol. The van der Waals surface area contributed by atoms with Crippen molar-refractivity contribution >= 4 is 22.6 Å². The molecule has 2 saturated heterocycles. The fraction of sp³-hybridized carbons (Fsp3) is 0.486. The molecular formula is C35H46N4O2. The van der Waals surface area contributed by atoms with E-state index in [0.29, 0.717) is 24.6 Å². The summed E-state index contributed by atoms with van der Waals surface area (Å²) in [6, 6.07) is 24.3. The van der Waals surface area contributed by atoms with Gasteiger partial charge in [0.05, 0.1) is 6.04 Å². The van der Waals surface area contributed by atoms with Crippen LogP contribution >= 0.6 is 0 Å². The van der Waals surface area contributed by atoms with E-state index >= 15 is 0 Å². The zero-order valence-corrected chi connectivity index (χ0v) is 24.7. The molecule has 0 spiro atoms. The molecule has 41 heavy (non-hydrogen) atoms. The van der Waals surface area contributed by atoms with Gasteiger partial charge in [-0.15, -0.1) is 0 Å². The first kappa shape index (κ1) is 29.3. The van der Waals surface area contributed by atoms with Crippen LogP contribution in [0, 0.1) is 5.92 Å². The molecule has 2 amide bonds. The van der Waals surface area contributed by atoms with Crippen LogP contribution in [-0.4, -0.2) is 73.0 Å². The fourth-order valence-corrected chi connectivity index (χ4v) is 6.41. The van der Waals surface area contributed by atoms with Gasteiger partial charge in [-0.05, 0) is 73.2 Å². The number of piperidine rings is 1. The number of likely N-dealkylation sites (tertiary alicyclic amines) is 1. The van der Waals surface area contributed by atoms with Crippen LogP contribution in [0.1, 0.15) is 67.8 Å². The molecule has 218 valence electrons. The lowest BCUT2D eigenvalue weighted by atomic mass is 9.87. The van der Waals surface area contributed by atoms with Crippen molar-refractivity contribution in [2.24, 2.45) is 5.92 Å². The highest BCUT2D eigenvalue weighted by Crippen LogP contribution is 2.27. The van der Waals surface area contributed by atoms with Crippen LogP contribution in [-0.2, 0) is 4.79 Å². The number of hydrogen-bond donors (Lipinski definition) is 2. The van der Waals surface area contributed by atoms with Crippen LogP contribution in [0.25, 0.3) is 10.8 Å². The summed E-state index contributed by atoms with van der Waals surface area (Å²) in [5.41, 5.74) is 1.95. The van der Waals surface area contributed by atoms with Crippen molar-refractivity contribution in [3.05, 3.63) is 83.9 Å². The summed E-state index contributed by atoms with van der Waals surface area (Å²) in [5.74, 6) is 0.836. The van der Waals surface area contributed by atoms with Crippen LogP contribution in [0.2, 0.25) is 0 Å². The van der Waals surface area contributed by atoms with E-state index in [-0.39, 0.29) is 29.8 Å². The third kappa shape index (κ3) is 7.75. The highest BCUT2D eigenvalue weighted by atomic mass is 16.2. The van der Waals surface area contributed by atoms with Gasteiger partial charge in [-0.3, -0.25) is 9.59 Å². The van der Waals surface area contributed by atoms with E-state index in [4.69, 9.17) is 0 Å². The van der Waals surface area contributed by atoms with Crippen LogP contribution in [0.5, 0.6) is 0 Å². The normalized spacial score (nSPS) is 21.1. The second kappa shape index (κ2) is 14.1. The maximum Gasteiger partial charge on any atom is 0.251 e. The van der Waals surface area contributed by atoms with Gasteiger partial charge in [0.2, 0.25) is 5.91 Å². The summed E-state index contributed by atoms with van der Waals surface area (Å²) in [6.45, 7) is 9.59. The minimum atomic E-state index is -0.245. The van der Waals surface area contributed by atoms with Gasteiger partial charge in [-0.2, -0.15) is 0 Å².